The summed E-state index contributed by atoms with van der Waals surface area (Å²) in [7, 11) is -3.60. The van der Waals surface area contributed by atoms with Crippen molar-refractivity contribution in [3.8, 4) is 16.9 Å². The highest BCUT2D eigenvalue weighted by Gasteiger charge is 2.15. The highest BCUT2D eigenvalue weighted by atomic mass is 32.2. The first-order valence-electron chi connectivity index (χ1n) is 10.1. The number of sulfonamides is 1. The number of nitrogens with zero attached hydrogens (tertiary/aromatic N) is 1. The number of benzene rings is 3. The van der Waals surface area contributed by atoms with E-state index < -0.39 is 10.0 Å². The Kier molecular flexibility index (Phi) is 6.02. The molecule has 4 rings (SSSR count). The van der Waals surface area contributed by atoms with E-state index in [1.807, 2.05) is 56.3 Å². The van der Waals surface area contributed by atoms with E-state index in [0.29, 0.717) is 6.61 Å². The lowest BCUT2D eigenvalue weighted by atomic mass is 9.96. The lowest BCUT2D eigenvalue weighted by molar-refractivity contribution is 0.340. The minimum absolute atomic E-state index is 0.183. The molecule has 0 aliphatic carbocycles. The fourth-order valence-corrected chi connectivity index (χ4v) is 4.53. The fourth-order valence-electron chi connectivity index (χ4n) is 3.53. The topological polar surface area (TPSA) is 68.3 Å². The first-order chi connectivity index (χ1) is 15.0. The third kappa shape index (κ3) is 4.60. The molecular weight excluding hydrogens is 408 g/mol. The second-order valence-corrected chi connectivity index (χ2v) is 9.06. The molecule has 0 unspecified atom stereocenters. The minimum Gasteiger partial charge on any atom is -0.494 e. The third-order valence-corrected chi connectivity index (χ3v) is 6.59. The van der Waals surface area contributed by atoms with Crippen LogP contribution in [0.2, 0.25) is 0 Å². The summed E-state index contributed by atoms with van der Waals surface area (Å²) in [6.07, 6.45) is 3.53. The van der Waals surface area contributed by atoms with Crippen LogP contribution in [0.3, 0.4) is 0 Å². The summed E-state index contributed by atoms with van der Waals surface area (Å²) in [5.74, 6) is 0.833. The van der Waals surface area contributed by atoms with Crippen LogP contribution in [-0.2, 0) is 16.6 Å². The molecule has 4 aromatic rings. The van der Waals surface area contributed by atoms with Crippen molar-refractivity contribution in [3.05, 3.63) is 90.3 Å². The highest BCUT2D eigenvalue weighted by Crippen LogP contribution is 2.31. The molecule has 0 aliphatic rings. The standard InChI is InChI=1S/C25H24N2O3S/c1-3-30-21-9-6-19(7-10-21)23-13-8-20(25-17-26-15-14-24(23)25)16-27-31(28,29)22-11-4-18(2)5-12-22/h4-15,17,27H,3,16H2,1-2H3. The second-order valence-electron chi connectivity index (χ2n) is 7.29. The summed E-state index contributed by atoms with van der Waals surface area (Å²) in [4.78, 5) is 4.52. The van der Waals surface area contributed by atoms with E-state index in [-0.39, 0.29) is 11.4 Å². The molecule has 0 aliphatic heterocycles. The fraction of sp³-hybridized carbons (Fsp3) is 0.160. The minimum atomic E-state index is -3.60. The zero-order valence-corrected chi connectivity index (χ0v) is 18.3. The molecule has 0 spiro atoms. The Balaban J connectivity index is 1.64. The van der Waals surface area contributed by atoms with Gasteiger partial charge in [0.1, 0.15) is 5.75 Å². The van der Waals surface area contributed by atoms with E-state index in [4.69, 9.17) is 4.74 Å². The van der Waals surface area contributed by atoms with Crippen molar-refractivity contribution in [1.82, 2.24) is 9.71 Å². The Morgan fingerprint density at radius 3 is 2.35 bits per heavy atom. The predicted molar refractivity (Wildman–Crippen MR) is 124 cm³/mol. The molecule has 0 radical (unpaired) electrons. The average molecular weight is 433 g/mol. The van der Waals surface area contributed by atoms with Crippen LogP contribution in [0.15, 0.2) is 84.0 Å². The summed E-state index contributed by atoms with van der Waals surface area (Å²) in [5.41, 5.74) is 4.01. The SMILES string of the molecule is CCOc1ccc(-c2ccc(CNS(=O)(=O)c3ccc(C)cc3)c3cnccc23)cc1. The van der Waals surface area contributed by atoms with Crippen molar-refractivity contribution in [2.75, 3.05) is 6.61 Å². The number of nitrogens with one attached hydrogen (secondary N) is 1. The summed E-state index contributed by atoms with van der Waals surface area (Å²) in [6.45, 7) is 4.69. The second kappa shape index (κ2) is 8.88. The maximum atomic E-state index is 12.7. The van der Waals surface area contributed by atoms with Crippen LogP contribution in [0, 0.1) is 6.92 Å². The molecule has 0 bridgehead atoms. The molecule has 1 aromatic heterocycles. The van der Waals surface area contributed by atoms with Crippen molar-refractivity contribution < 1.29 is 13.2 Å². The Bertz CT molecular complexity index is 1300. The van der Waals surface area contributed by atoms with Crippen LogP contribution in [0.4, 0.5) is 0 Å². The number of pyridine rings is 1. The molecule has 6 heteroatoms. The Morgan fingerprint density at radius 1 is 0.903 bits per heavy atom. The number of aromatic nitrogens is 1. The molecule has 31 heavy (non-hydrogen) atoms. The summed E-state index contributed by atoms with van der Waals surface area (Å²) in [5, 5.41) is 1.94. The number of hydrogen-bond acceptors (Lipinski definition) is 4. The first-order valence-corrected chi connectivity index (χ1v) is 11.6. The molecule has 0 amide bonds. The van der Waals surface area contributed by atoms with Gasteiger partial charge in [-0.2, -0.15) is 0 Å². The lowest BCUT2D eigenvalue weighted by Gasteiger charge is -2.13. The Morgan fingerprint density at radius 2 is 1.65 bits per heavy atom. The van der Waals surface area contributed by atoms with Crippen molar-refractivity contribution in [3.63, 3.8) is 0 Å². The van der Waals surface area contributed by atoms with Crippen molar-refractivity contribution >= 4 is 20.8 Å². The summed E-state index contributed by atoms with van der Waals surface area (Å²) >= 11 is 0. The van der Waals surface area contributed by atoms with Gasteiger partial charge in [-0.05, 0) is 66.3 Å². The van der Waals surface area contributed by atoms with Gasteiger partial charge in [-0.1, -0.05) is 42.0 Å². The van der Waals surface area contributed by atoms with Crippen molar-refractivity contribution in [2.45, 2.75) is 25.3 Å². The molecule has 5 nitrogen and oxygen atoms in total. The predicted octanol–water partition coefficient (Wildman–Crippen LogP) is 5.09. The van der Waals surface area contributed by atoms with Gasteiger partial charge < -0.3 is 4.74 Å². The lowest BCUT2D eigenvalue weighted by Crippen LogP contribution is -2.23. The van der Waals surface area contributed by atoms with Gasteiger partial charge in [-0.15, -0.1) is 0 Å². The van der Waals surface area contributed by atoms with E-state index in [1.54, 1.807) is 36.7 Å². The van der Waals surface area contributed by atoms with Crippen LogP contribution in [0.25, 0.3) is 21.9 Å². The monoisotopic (exact) mass is 432 g/mol. The molecular formula is C25H24N2O3S. The molecule has 0 fully saturated rings. The van der Waals surface area contributed by atoms with Crippen LogP contribution in [0.5, 0.6) is 5.75 Å². The number of rotatable bonds is 7. The zero-order chi connectivity index (χ0) is 21.8. The number of aryl methyl sites for hydroxylation is 1. The molecule has 0 atom stereocenters. The van der Waals surface area contributed by atoms with Gasteiger partial charge >= 0.3 is 0 Å². The summed E-state index contributed by atoms with van der Waals surface area (Å²) < 4.78 is 33.6. The molecule has 3 aromatic carbocycles. The largest absolute Gasteiger partial charge is 0.494 e. The molecule has 158 valence electrons. The number of fused-ring (bicyclic) bond motifs is 1. The molecule has 1 heterocycles. The van der Waals surface area contributed by atoms with Crippen LogP contribution < -0.4 is 9.46 Å². The smallest absolute Gasteiger partial charge is 0.240 e. The number of hydrogen-bond donors (Lipinski definition) is 1. The zero-order valence-electron chi connectivity index (χ0n) is 17.5. The van der Waals surface area contributed by atoms with E-state index in [2.05, 4.69) is 9.71 Å². The molecule has 1 N–H and O–H groups in total. The average Bonchev–Trinajstić information content (AvgIpc) is 2.79. The summed E-state index contributed by atoms with van der Waals surface area (Å²) in [6, 6.07) is 20.7. The molecule has 0 saturated heterocycles. The van der Waals surface area contributed by atoms with Crippen LogP contribution >= 0.6 is 0 Å². The van der Waals surface area contributed by atoms with Gasteiger partial charge in [0, 0.05) is 24.3 Å². The third-order valence-electron chi connectivity index (χ3n) is 5.17. The van der Waals surface area contributed by atoms with Gasteiger partial charge in [0.05, 0.1) is 11.5 Å². The normalized spacial score (nSPS) is 11.5. The van der Waals surface area contributed by atoms with Crippen LogP contribution in [-0.4, -0.2) is 20.0 Å². The Labute approximate surface area is 182 Å². The van der Waals surface area contributed by atoms with Gasteiger partial charge in [0.15, 0.2) is 0 Å². The molecule has 0 saturated carbocycles. The maximum Gasteiger partial charge on any atom is 0.240 e. The first kappa shape index (κ1) is 21.0. The maximum absolute atomic E-state index is 12.7. The van der Waals surface area contributed by atoms with E-state index in [0.717, 1.165) is 38.8 Å². The van der Waals surface area contributed by atoms with E-state index in [1.165, 1.54) is 0 Å². The van der Waals surface area contributed by atoms with Gasteiger partial charge in [0.25, 0.3) is 0 Å². The van der Waals surface area contributed by atoms with Crippen LogP contribution in [0.1, 0.15) is 18.1 Å². The van der Waals surface area contributed by atoms with E-state index >= 15 is 0 Å². The van der Waals surface area contributed by atoms with Gasteiger partial charge in [0.2, 0.25) is 10.0 Å². The van der Waals surface area contributed by atoms with Crippen molar-refractivity contribution in [1.29, 1.82) is 0 Å². The van der Waals surface area contributed by atoms with Gasteiger partial charge in [-0.25, -0.2) is 13.1 Å². The van der Waals surface area contributed by atoms with Crippen molar-refractivity contribution in [2.24, 2.45) is 0 Å². The Hall–Kier alpha value is -3.22. The number of ether oxygens (including phenoxy) is 1. The highest BCUT2D eigenvalue weighted by molar-refractivity contribution is 7.89. The van der Waals surface area contributed by atoms with Gasteiger partial charge in [-0.3, -0.25) is 4.98 Å². The quantitative estimate of drug-likeness (QED) is 0.442. The van der Waals surface area contributed by atoms with E-state index in [9.17, 15) is 8.42 Å².